The predicted molar refractivity (Wildman–Crippen MR) is 127 cm³/mol. The SMILES string of the molecule is COc1ccc(C2CCCN2C(=O)CSc2nccn2-c2cccc(C)c2C)cc1OC. The van der Waals surface area contributed by atoms with Gasteiger partial charge in [-0.2, -0.15) is 0 Å². The average molecular weight is 452 g/mol. The first-order chi connectivity index (χ1) is 15.5. The van der Waals surface area contributed by atoms with Crippen LogP contribution in [0.25, 0.3) is 5.69 Å². The van der Waals surface area contributed by atoms with Crippen LogP contribution >= 0.6 is 11.8 Å². The molecule has 1 atom stereocenters. The van der Waals surface area contributed by atoms with E-state index in [-0.39, 0.29) is 11.9 Å². The van der Waals surface area contributed by atoms with Crippen LogP contribution < -0.4 is 9.47 Å². The molecule has 0 spiro atoms. The van der Waals surface area contributed by atoms with Crippen molar-refractivity contribution in [3.8, 4) is 17.2 Å². The van der Waals surface area contributed by atoms with Crippen LogP contribution in [-0.2, 0) is 4.79 Å². The van der Waals surface area contributed by atoms with Gasteiger partial charge in [0.25, 0.3) is 0 Å². The summed E-state index contributed by atoms with van der Waals surface area (Å²) in [4.78, 5) is 19.7. The fourth-order valence-electron chi connectivity index (χ4n) is 4.26. The normalized spacial score (nSPS) is 15.8. The maximum atomic E-state index is 13.2. The van der Waals surface area contributed by atoms with Gasteiger partial charge < -0.3 is 14.4 Å². The van der Waals surface area contributed by atoms with Crippen LogP contribution in [0.15, 0.2) is 53.9 Å². The summed E-state index contributed by atoms with van der Waals surface area (Å²) in [7, 11) is 3.26. The van der Waals surface area contributed by atoms with Gasteiger partial charge >= 0.3 is 0 Å². The zero-order valence-electron chi connectivity index (χ0n) is 19.0. The first-order valence-electron chi connectivity index (χ1n) is 10.8. The summed E-state index contributed by atoms with van der Waals surface area (Å²) >= 11 is 1.48. The molecule has 4 rings (SSSR count). The molecule has 0 N–H and O–H groups in total. The molecule has 3 aromatic rings. The molecule has 1 aliphatic rings. The van der Waals surface area contributed by atoms with Gasteiger partial charge in [0.2, 0.25) is 5.91 Å². The highest BCUT2D eigenvalue weighted by molar-refractivity contribution is 7.99. The lowest BCUT2D eigenvalue weighted by Crippen LogP contribution is -2.32. The molecule has 0 aliphatic carbocycles. The Hall–Kier alpha value is -2.93. The van der Waals surface area contributed by atoms with Crippen LogP contribution in [-0.4, -0.2) is 46.9 Å². The summed E-state index contributed by atoms with van der Waals surface area (Å²) in [6.07, 6.45) is 5.68. The monoisotopic (exact) mass is 451 g/mol. The van der Waals surface area contributed by atoms with Crippen molar-refractivity contribution < 1.29 is 14.3 Å². The van der Waals surface area contributed by atoms with Gasteiger partial charge in [0.15, 0.2) is 16.7 Å². The van der Waals surface area contributed by atoms with E-state index in [0.717, 1.165) is 35.8 Å². The molecule has 1 unspecified atom stereocenters. The molecule has 1 aromatic heterocycles. The van der Waals surface area contributed by atoms with Gasteiger partial charge in [-0.1, -0.05) is 30.0 Å². The summed E-state index contributed by atoms with van der Waals surface area (Å²) in [6, 6.07) is 12.2. The number of ether oxygens (including phenoxy) is 2. The number of thioether (sulfide) groups is 1. The Kier molecular flexibility index (Phi) is 6.74. The molecule has 1 aliphatic heterocycles. The minimum Gasteiger partial charge on any atom is -0.493 e. The van der Waals surface area contributed by atoms with Crippen molar-refractivity contribution in [2.75, 3.05) is 26.5 Å². The van der Waals surface area contributed by atoms with E-state index in [1.807, 2.05) is 29.3 Å². The predicted octanol–water partition coefficient (Wildman–Crippen LogP) is 4.96. The topological polar surface area (TPSA) is 56.6 Å². The second-order valence-electron chi connectivity index (χ2n) is 7.95. The number of hydrogen-bond acceptors (Lipinski definition) is 5. The van der Waals surface area contributed by atoms with Gasteiger partial charge in [-0.05, 0) is 61.6 Å². The average Bonchev–Trinajstić information content (AvgIpc) is 3.48. The summed E-state index contributed by atoms with van der Waals surface area (Å²) in [6.45, 7) is 4.99. The van der Waals surface area contributed by atoms with Crippen LogP contribution in [0, 0.1) is 13.8 Å². The standard InChI is InChI=1S/C25H29N3O3S/c1-17-7-5-8-20(18(17)2)28-14-12-26-25(28)32-16-24(29)27-13-6-9-21(27)19-10-11-22(30-3)23(15-19)31-4/h5,7-8,10-12,14-15,21H,6,9,13,16H2,1-4H3. The molecule has 2 heterocycles. The number of nitrogens with zero attached hydrogens (tertiary/aromatic N) is 3. The molecular weight excluding hydrogens is 422 g/mol. The number of methoxy groups -OCH3 is 2. The summed E-state index contributed by atoms with van der Waals surface area (Å²) in [5.41, 5.74) is 4.63. The molecule has 6 nitrogen and oxygen atoms in total. The maximum Gasteiger partial charge on any atom is 0.233 e. The fourth-order valence-corrected chi connectivity index (χ4v) is 5.11. The van der Waals surface area contributed by atoms with E-state index in [1.165, 1.54) is 22.9 Å². The van der Waals surface area contributed by atoms with Crippen molar-refractivity contribution in [2.24, 2.45) is 0 Å². The molecule has 0 saturated carbocycles. The molecule has 1 fully saturated rings. The van der Waals surface area contributed by atoms with Crippen LogP contribution in [0.2, 0.25) is 0 Å². The van der Waals surface area contributed by atoms with E-state index in [1.54, 1.807) is 20.4 Å². The molecule has 168 valence electrons. The molecule has 0 bridgehead atoms. The van der Waals surface area contributed by atoms with Crippen molar-refractivity contribution in [1.29, 1.82) is 0 Å². The van der Waals surface area contributed by atoms with Crippen molar-refractivity contribution in [2.45, 2.75) is 37.9 Å². The number of amides is 1. The third-order valence-electron chi connectivity index (χ3n) is 6.13. The number of aromatic nitrogens is 2. The van der Waals surface area contributed by atoms with Crippen molar-refractivity contribution in [3.63, 3.8) is 0 Å². The largest absolute Gasteiger partial charge is 0.493 e. The molecule has 1 amide bonds. The highest BCUT2D eigenvalue weighted by atomic mass is 32.2. The number of benzene rings is 2. The fraction of sp³-hybridized carbons (Fsp3) is 0.360. The van der Waals surface area contributed by atoms with Gasteiger partial charge in [-0.25, -0.2) is 4.98 Å². The van der Waals surface area contributed by atoms with Gasteiger partial charge in [0, 0.05) is 18.9 Å². The Labute approximate surface area is 193 Å². The Bertz CT molecular complexity index is 1110. The number of carbonyl (C=O) groups is 1. The third kappa shape index (κ3) is 4.35. The molecule has 1 saturated heterocycles. The van der Waals surface area contributed by atoms with E-state index >= 15 is 0 Å². The van der Waals surface area contributed by atoms with E-state index < -0.39 is 0 Å². The number of aryl methyl sites for hydroxylation is 1. The number of likely N-dealkylation sites (tertiary alicyclic amines) is 1. The number of hydrogen-bond donors (Lipinski definition) is 0. The molecule has 2 aromatic carbocycles. The van der Waals surface area contributed by atoms with Gasteiger partial charge in [-0.3, -0.25) is 9.36 Å². The zero-order valence-corrected chi connectivity index (χ0v) is 19.8. The first kappa shape index (κ1) is 22.3. The first-order valence-corrected chi connectivity index (χ1v) is 11.8. The molecular formula is C25H29N3O3S. The lowest BCUT2D eigenvalue weighted by Gasteiger charge is -2.25. The van der Waals surface area contributed by atoms with E-state index in [9.17, 15) is 4.79 Å². The Morgan fingerprint density at radius 3 is 2.75 bits per heavy atom. The highest BCUT2D eigenvalue weighted by Gasteiger charge is 2.30. The van der Waals surface area contributed by atoms with Crippen LogP contribution in [0.3, 0.4) is 0 Å². The van der Waals surface area contributed by atoms with E-state index in [0.29, 0.717) is 17.3 Å². The Morgan fingerprint density at radius 1 is 1.16 bits per heavy atom. The minimum atomic E-state index is 0.0571. The second kappa shape index (κ2) is 9.69. The summed E-state index contributed by atoms with van der Waals surface area (Å²) in [5, 5.41) is 0.828. The maximum absolute atomic E-state index is 13.2. The summed E-state index contributed by atoms with van der Waals surface area (Å²) in [5.74, 6) is 1.86. The van der Waals surface area contributed by atoms with Crippen molar-refractivity contribution >= 4 is 17.7 Å². The van der Waals surface area contributed by atoms with E-state index in [4.69, 9.17) is 9.47 Å². The number of imidazole rings is 1. The minimum absolute atomic E-state index is 0.0571. The molecule has 0 radical (unpaired) electrons. The van der Waals surface area contributed by atoms with Crippen LogP contribution in [0.1, 0.15) is 35.6 Å². The Balaban J connectivity index is 1.48. The highest BCUT2D eigenvalue weighted by Crippen LogP contribution is 2.37. The lowest BCUT2D eigenvalue weighted by molar-refractivity contribution is -0.129. The summed E-state index contributed by atoms with van der Waals surface area (Å²) < 4.78 is 12.9. The van der Waals surface area contributed by atoms with Crippen molar-refractivity contribution in [1.82, 2.24) is 14.5 Å². The number of carbonyl (C=O) groups excluding carboxylic acids is 1. The number of rotatable bonds is 7. The third-order valence-corrected chi connectivity index (χ3v) is 7.08. The van der Waals surface area contributed by atoms with E-state index in [2.05, 4.69) is 41.6 Å². The smallest absolute Gasteiger partial charge is 0.233 e. The Morgan fingerprint density at radius 2 is 1.97 bits per heavy atom. The zero-order chi connectivity index (χ0) is 22.7. The molecule has 7 heteroatoms. The van der Waals surface area contributed by atoms with Crippen LogP contribution in [0.4, 0.5) is 0 Å². The van der Waals surface area contributed by atoms with Gasteiger partial charge in [-0.15, -0.1) is 0 Å². The van der Waals surface area contributed by atoms with Gasteiger partial charge in [0.1, 0.15) is 0 Å². The molecule has 32 heavy (non-hydrogen) atoms. The lowest BCUT2D eigenvalue weighted by atomic mass is 10.0. The quantitative estimate of drug-likeness (QED) is 0.475. The second-order valence-corrected chi connectivity index (χ2v) is 8.89. The van der Waals surface area contributed by atoms with Crippen LogP contribution in [0.5, 0.6) is 11.5 Å². The van der Waals surface area contributed by atoms with Gasteiger partial charge in [0.05, 0.1) is 31.7 Å². The van der Waals surface area contributed by atoms with Crippen molar-refractivity contribution in [3.05, 3.63) is 65.5 Å².